The predicted molar refractivity (Wildman–Crippen MR) is 122 cm³/mol. The SMILES string of the molecule is CCCCCCNC(=O)CSc1nnc(-c2ccccn2)n1-c1ccc(C)cc1C. The Hall–Kier alpha value is -2.67. The summed E-state index contributed by atoms with van der Waals surface area (Å²) in [5.41, 5.74) is 4.06. The second kappa shape index (κ2) is 10.9. The van der Waals surface area contributed by atoms with Gasteiger partial charge in [0.25, 0.3) is 0 Å². The first kappa shape index (κ1) is 22.0. The lowest BCUT2D eigenvalue weighted by Crippen LogP contribution is -2.26. The molecule has 6 nitrogen and oxygen atoms in total. The molecule has 0 fully saturated rings. The highest BCUT2D eigenvalue weighted by Crippen LogP contribution is 2.29. The molecule has 0 spiro atoms. The third kappa shape index (κ3) is 5.69. The number of carbonyl (C=O) groups is 1. The van der Waals surface area contributed by atoms with Crippen LogP contribution in [-0.2, 0) is 4.79 Å². The number of pyridine rings is 1. The van der Waals surface area contributed by atoms with Gasteiger partial charge in [0.1, 0.15) is 5.69 Å². The lowest BCUT2D eigenvalue weighted by Gasteiger charge is -2.13. The second-order valence-electron chi connectivity index (χ2n) is 7.35. The van der Waals surface area contributed by atoms with Gasteiger partial charge >= 0.3 is 0 Å². The van der Waals surface area contributed by atoms with Crippen molar-refractivity contribution in [1.29, 1.82) is 0 Å². The van der Waals surface area contributed by atoms with Gasteiger partial charge in [0.15, 0.2) is 11.0 Å². The maximum atomic E-state index is 12.3. The van der Waals surface area contributed by atoms with Crippen molar-refractivity contribution in [3.05, 3.63) is 53.7 Å². The molecule has 3 aromatic rings. The van der Waals surface area contributed by atoms with Crippen molar-refractivity contribution in [2.75, 3.05) is 12.3 Å². The van der Waals surface area contributed by atoms with Crippen molar-refractivity contribution in [2.45, 2.75) is 51.6 Å². The van der Waals surface area contributed by atoms with E-state index < -0.39 is 0 Å². The fourth-order valence-corrected chi connectivity index (χ4v) is 4.03. The number of carbonyl (C=O) groups excluding carboxylic acids is 1. The van der Waals surface area contributed by atoms with E-state index in [4.69, 9.17) is 0 Å². The van der Waals surface area contributed by atoms with E-state index in [2.05, 4.69) is 59.5 Å². The van der Waals surface area contributed by atoms with E-state index in [1.165, 1.54) is 30.2 Å². The molecule has 2 aromatic heterocycles. The van der Waals surface area contributed by atoms with Gasteiger partial charge in [0, 0.05) is 12.7 Å². The molecule has 0 aliphatic carbocycles. The molecule has 0 aliphatic rings. The largest absolute Gasteiger partial charge is 0.355 e. The van der Waals surface area contributed by atoms with E-state index in [0.29, 0.717) is 16.7 Å². The maximum absolute atomic E-state index is 12.3. The Morgan fingerprint density at radius 3 is 2.70 bits per heavy atom. The van der Waals surface area contributed by atoms with E-state index in [9.17, 15) is 4.79 Å². The molecular formula is C23H29N5OS. The van der Waals surface area contributed by atoms with Crippen molar-refractivity contribution in [3.63, 3.8) is 0 Å². The zero-order chi connectivity index (χ0) is 21.3. The van der Waals surface area contributed by atoms with E-state index in [0.717, 1.165) is 36.3 Å². The second-order valence-corrected chi connectivity index (χ2v) is 8.29. The molecule has 30 heavy (non-hydrogen) atoms. The summed E-state index contributed by atoms with van der Waals surface area (Å²) in [5.74, 6) is 0.995. The van der Waals surface area contributed by atoms with Crippen molar-refractivity contribution >= 4 is 17.7 Å². The highest BCUT2D eigenvalue weighted by atomic mass is 32.2. The topological polar surface area (TPSA) is 72.7 Å². The van der Waals surface area contributed by atoms with Crippen LogP contribution in [0, 0.1) is 13.8 Å². The molecule has 0 unspecified atom stereocenters. The summed E-state index contributed by atoms with van der Waals surface area (Å²) in [6.07, 6.45) is 6.32. The first-order valence-electron chi connectivity index (χ1n) is 10.4. The summed E-state index contributed by atoms with van der Waals surface area (Å²) < 4.78 is 2.00. The lowest BCUT2D eigenvalue weighted by molar-refractivity contribution is -0.118. The zero-order valence-corrected chi connectivity index (χ0v) is 18.7. The Morgan fingerprint density at radius 2 is 1.97 bits per heavy atom. The number of nitrogens with zero attached hydrogens (tertiary/aromatic N) is 4. The minimum absolute atomic E-state index is 0.0195. The smallest absolute Gasteiger partial charge is 0.230 e. The third-order valence-corrected chi connectivity index (χ3v) is 5.73. The first-order chi connectivity index (χ1) is 14.6. The number of unbranched alkanes of at least 4 members (excludes halogenated alkanes) is 3. The summed E-state index contributed by atoms with van der Waals surface area (Å²) in [5, 5.41) is 12.5. The maximum Gasteiger partial charge on any atom is 0.230 e. The standard InChI is InChI=1S/C23H29N5OS/c1-4-5-6-8-14-25-21(29)16-30-23-27-26-22(19-10-7-9-13-24-19)28(23)20-12-11-17(2)15-18(20)3/h7,9-13,15H,4-6,8,14,16H2,1-3H3,(H,25,29). The van der Waals surface area contributed by atoms with Gasteiger partial charge in [-0.25, -0.2) is 0 Å². The summed E-state index contributed by atoms with van der Waals surface area (Å²) >= 11 is 1.40. The molecule has 0 bridgehead atoms. The quantitative estimate of drug-likeness (QED) is 0.377. The highest BCUT2D eigenvalue weighted by Gasteiger charge is 2.19. The number of hydrogen-bond acceptors (Lipinski definition) is 5. The predicted octanol–water partition coefficient (Wildman–Crippen LogP) is 4.73. The monoisotopic (exact) mass is 423 g/mol. The van der Waals surface area contributed by atoms with Crippen LogP contribution in [0.5, 0.6) is 0 Å². The van der Waals surface area contributed by atoms with Crippen LogP contribution in [0.3, 0.4) is 0 Å². The van der Waals surface area contributed by atoms with Gasteiger partial charge in [-0.05, 0) is 44.0 Å². The first-order valence-corrected chi connectivity index (χ1v) is 11.4. The Kier molecular flexibility index (Phi) is 8.02. The number of nitrogens with one attached hydrogen (secondary N) is 1. The van der Waals surface area contributed by atoms with Crippen LogP contribution in [-0.4, -0.2) is 38.0 Å². The minimum atomic E-state index is 0.0195. The molecule has 0 aliphatic heterocycles. The van der Waals surface area contributed by atoms with Crippen molar-refractivity contribution in [2.24, 2.45) is 0 Å². The van der Waals surface area contributed by atoms with Crippen LogP contribution < -0.4 is 5.32 Å². The van der Waals surface area contributed by atoms with Gasteiger partial charge in [-0.15, -0.1) is 10.2 Å². The van der Waals surface area contributed by atoms with Crippen LogP contribution in [0.2, 0.25) is 0 Å². The number of benzene rings is 1. The number of rotatable bonds is 10. The van der Waals surface area contributed by atoms with Crippen LogP contribution >= 0.6 is 11.8 Å². The summed E-state index contributed by atoms with van der Waals surface area (Å²) in [4.78, 5) is 16.7. The molecule has 0 saturated heterocycles. The lowest BCUT2D eigenvalue weighted by atomic mass is 10.1. The van der Waals surface area contributed by atoms with E-state index in [1.807, 2.05) is 22.8 Å². The molecular weight excluding hydrogens is 394 g/mol. The number of aromatic nitrogens is 4. The van der Waals surface area contributed by atoms with Crippen LogP contribution in [0.15, 0.2) is 47.8 Å². The molecule has 158 valence electrons. The van der Waals surface area contributed by atoms with Gasteiger partial charge in [-0.3, -0.25) is 14.3 Å². The van der Waals surface area contributed by atoms with Gasteiger partial charge in [0.2, 0.25) is 5.91 Å². The fraction of sp³-hybridized carbons (Fsp3) is 0.391. The zero-order valence-electron chi connectivity index (χ0n) is 17.9. The minimum Gasteiger partial charge on any atom is -0.355 e. The van der Waals surface area contributed by atoms with E-state index in [-0.39, 0.29) is 5.91 Å². The Bertz CT molecular complexity index is 971. The van der Waals surface area contributed by atoms with E-state index >= 15 is 0 Å². The van der Waals surface area contributed by atoms with Crippen LogP contribution in [0.1, 0.15) is 43.7 Å². The highest BCUT2D eigenvalue weighted by molar-refractivity contribution is 7.99. The van der Waals surface area contributed by atoms with Crippen molar-refractivity contribution < 1.29 is 4.79 Å². The molecule has 1 amide bonds. The molecule has 0 atom stereocenters. The molecule has 1 N–H and O–H groups in total. The van der Waals surface area contributed by atoms with Gasteiger partial charge in [-0.1, -0.05) is 61.7 Å². The molecule has 0 radical (unpaired) electrons. The summed E-state index contributed by atoms with van der Waals surface area (Å²) in [6.45, 7) is 7.05. The molecule has 3 rings (SSSR count). The van der Waals surface area contributed by atoms with Gasteiger partial charge in [-0.2, -0.15) is 0 Å². The average Bonchev–Trinajstić information content (AvgIpc) is 3.16. The summed E-state index contributed by atoms with van der Waals surface area (Å²) in [6, 6.07) is 12.0. The molecule has 7 heteroatoms. The molecule has 2 heterocycles. The number of thioether (sulfide) groups is 1. The fourth-order valence-electron chi connectivity index (χ4n) is 3.26. The van der Waals surface area contributed by atoms with Crippen molar-refractivity contribution in [1.82, 2.24) is 25.1 Å². The third-order valence-electron chi connectivity index (χ3n) is 4.81. The Labute approximate surface area is 182 Å². The van der Waals surface area contributed by atoms with Crippen molar-refractivity contribution in [3.8, 4) is 17.2 Å². The van der Waals surface area contributed by atoms with Crippen LogP contribution in [0.4, 0.5) is 0 Å². The van der Waals surface area contributed by atoms with E-state index in [1.54, 1.807) is 6.20 Å². The average molecular weight is 424 g/mol. The summed E-state index contributed by atoms with van der Waals surface area (Å²) in [7, 11) is 0. The number of hydrogen-bond donors (Lipinski definition) is 1. The molecule has 1 aromatic carbocycles. The number of aryl methyl sites for hydroxylation is 2. The van der Waals surface area contributed by atoms with Gasteiger partial charge < -0.3 is 5.32 Å². The van der Waals surface area contributed by atoms with Crippen LogP contribution in [0.25, 0.3) is 17.2 Å². The molecule has 0 saturated carbocycles. The Morgan fingerprint density at radius 1 is 1.10 bits per heavy atom. The normalized spacial score (nSPS) is 10.9. The van der Waals surface area contributed by atoms with Gasteiger partial charge in [0.05, 0.1) is 11.4 Å². The Balaban J connectivity index is 1.79. The number of amides is 1.